The van der Waals surface area contributed by atoms with Crippen LogP contribution in [0.1, 0.15) is 18.4 Å². The van der Waals surface area contributed by atoms with Gasteiger partial charge in [-0.3, -0.25) is 24.1 Å². The van der Waals surface area contributed by atoms with Crippen LogP contribution < -0.4 is 20.9 Å². The first kappa shape index (κ1) is 24.4. The van der Waals surface area contributed by atoms with Crippen molar-refractivity contribution < 1.29 is 29.1 Å². The molecule has 178 valence electrons. The third-order valence-corrected chi connectivity index (χ3v) is 5.28. The maximum atomic E-state index is 13.3. The summed E-state index contributed by atoms with van der Waals surface area (Å²) in [6.07, 6.45) is 0.477. The molecule has 0 unspecified atom stereocenters. The first-order valence-electron chi connectivity index (χ1n) is 10.8. The molecule has 3 rings (SSSR count). The molecular formula is C24H26N4O6. The van der Waals surface area contributed by atoms with Crippen molar-refractivity contribution in [2.24, 2.45) is 0 Å². The van der Waals surface area contributed by atoms with Gasteiger partial charge in [0.25, 0.3) is 5.91 Å². The molecule has 1 aliphatic rings. The van der Waals surface area contributed by atoms with E-state index in [0.717, 1.165) is 5.56 Å². The highest BCUT2D eigenvalue weighted by Gasteiger charge is 2.32. The summed E-state index contributed by atoms with van der Waals surface area (Å²) in [5, 5.41) is 17.1. The van der Waals surface area contributed by atoms with Gasteiger partial charge in [-0.15, -0.1) is 0 Å². The first-order valence-corrected chi connectivity index (χ1v) is 10.8. The van der Waals surface area contributed by atoms with Crippen LogP contribution in [-0.2, 0) is 30.4 Å². The van der Waals surface area contributed by atoms with E-state index < -0.39 is 42.8 Å². The molecule has 1 aliphatic heterocycles. The van der Waals surface area contributed by atoms with Crippen LogP contribution in [-0.4, -0.2) is 60.3 Å². The van der Waals surface area contributed by atoms with Gasteiger partial charge in [0.15, 0.2) is 0 Å². The fourth-order valence-corrected chi connectivity index (χ4v) is 3.63. The molecule has 3 amide bonds. The summed E-state index contributed by atoms with van der Waals surface area (Å²) in [4.78, 5) is 61.6. The molecule has 0 saturated carbocycles. The van der Waals surface area contributed by atoms with Gasteiger partial charge in [0.05, 0.1) is 23.8 Å². The number of nitrogens with one attached hydrogen (secondary N) is 3. The van der Waals surface area contributed by atoms with Crippen molar-refractivity contribution in [1.29, 1.82) is 0 Å². The monoisotopic (exact) mass is 466 g/mol. The molecule has 4 N–H and O–H groups in total. The average Bonchev–Trinajstić information content (AvgIpc) is 2.95. The molecular weight excluding hydrogens is 440 g/mol. The van der Waals surface area contributed by atoms with Crippen LogP contribution in [0.4, 0.5) is 11.4 Å². The van der Waals surface area contributed by atoms with E-state index in [-0.39, 0.29) is 18.9 Å². The van der Waals surface area contributed by atoms with E-state index in [2.05, 4.69) is 16.0 Å². The number of para-hydroxylation sites is 2. The van der Waals surface area contributed by atoms with Gasteiger partial charge in [-0.05, 0) is 24.1 Å². The van der Waals surface area contributed by atoms with Crippen molar-refractivity contribution in [2.45, 2.75) is 31.3 Å². The maximum absolute atomic E-state index is 13.3. The molecule has 0 fully saturated rings. The van der Waals surface area contributed by atoms with E-state index >= 15 is 0 Å². The second kappa shape index (κ2) is 11.6. The summed E-state index contributed by atoms with van der Waals surface area (Å²) < 4.78 is 0. The number of carbonyl (C=O) groups excluding carboxylic acids is 4. The predicted octanol–water partition coefficient (Wildman–Crippen LogP) is 0.721. The van der Waals surface area contributed by atoms with Gasteiger partial charge in [-0.25, -0.2) is 0 Å². The van der Waals surface area contributed by atoms with Gasteiger partial charge in [-0.1, -0.05) is 42.5 Å². The number of anilines is 2. The number of fused-ring (bicyclic) bond motifs is 1. The van der Waals surface area contributed by atoms with Crippen LogP contribution in [0.2, 0.25) is 0 Å². The fourth-order valence-electron chi connectivity index (χ4n) is 3.63. The zero-order chi connectivity index (χ0) is 24.5. The number of aldehydes is 1. The second-order valence-electron chi connectivity index (χ2n) is 7.84. The Kier molecular flexibility index (Phi) is 8.33. The number of rotatable bonds is 10. The summed E-state index contributed by atoms with van der Waals surface area (Å²) in [5.41, 5.74) is 2.03. The summed E-state index contributed by atoms with van der Waals surface area (Å²) in [6.45, 7) is -0.321. The molecule has 10 nitrogen and oxygen atoms in total. The van der Waals surface area contributed by atoms with Gasteiger partial charge in [0.1, 0.15) is 18.9 Å². The number of hydrogen-bond acceptors (Lipinski definition) is 6. The van der Waals surface area contributed by atoms with Crippen molar-refractivity contribution in [3.8, 4) is 0 Å². The highest BCUT2D eigenvalue weighted by atomic mass is 16.4. The number of carboxylic acid groups (broad SMARTS) is 1. The SMILES string of the molecule is O=C[C@H](CC(=O)O)NC(=O)CN1C(=O)[C@@H](NC(=O)CCc2ccccc2)CNc2ccccc21. The average molecular weight is 466 g/mol. The molecule has 0 aliphatic carbocycles. The lowest BCUT2D eigenvalue weighted by molar-refractivity contribution is -0.138. The Morgan fingerprint density at radius 1 is 1.09 bits per heavy atom. The minimum Gasteiger partial charge on any atom is -0.481 e. The van der Waals surface area contributed by atoms with Crippen LogP contribution in [0.25, 0.3) is 0 Å². The van der Waals surface area contributed by atoms with Gasteiger partial charge in [0, 0.05) is 13.0 Å². The number of nitrogens with zero attached hydrogens (tertiary/aromatic N) is 1. The minimum atomic E-state index is -1.24. The fraction of sp³-hybridized carbons (Fsp3) is 0.292. The van der Waals surface area contributed by atoms with Crippen molar-refractivity contribution >= 4 is 41.4 Å². The highest BCUT2D eigenvalue weighted by molar-refractivity contribution is 6.06. The molecule has 10 heteroatoms. The molecule has 2 atom stereocenters. The molecule has 0 aromatic heterocycles. The quantitative estimate of drug-likeness (QED) is 0.378. The highest BCUT2D eigenvalue weighted by Crippen LogP contribution is 2.28. The van der Waals surface area contributed by atoms with Crippen molar-refractivity contribution in [2.75, 3.05) is 23.3 Å². The van der Waals surface area contributed by atoms with E-state index in [1.165, 1.54) is 4.90 Å². The smallest absolute Gasteiger partial charge is 0.305 e. The first-order chi connectivity index (χ1) is 16.4. The van der Waals surface area contributed by atoms with E-state index in [4.69, 9.17) is 5.11 Å². The number of aryl methyl sites for hydroxylation is 1. The Hall–Kier alpha value is -4.21. The van der Waals surface area contributed by atoms with E-state index in [1.54, 1.807) is 24.3 Å². The van der Waals surface area contributed by atoms with E-state index in [0.29, 0.717) is 24.1 Å². The summed E-state index contributed by atoms with van der Waals surface area (Å²) >= 11 is 0. The molecule has 1 heterocycles. The number of hydrogen-bond donors (Lipinski definition) is 4. The summed E-state index contributed by atoms with van der Waals surface area (Å²) in [6, 6.07) is 14.2. The largest absolute Gasteiger partial charge is 0.481 e. The van der Waals surface area contributed by atoms with Crippen LogP contribution in [0.5, 0.6) is 0 Å². The number of benzene rings is 2. The number of amides is 3. The standard InChI is InChI=1S/C24H26N4O6/c29-15-17(12-23(32)33)26-22(31)14-28-20-9-5-4-8-18(20)25-13-19(24(28)34)27-21(30)11-10-16-6-2-1-3-7-16/h1-9,15,17,19,25H,10-14H2,(H,26,31)(H,27,30)(H,32,33)/t17-,19-/m0/s1. The van der Waals surface area contributed by atoms with Gasteiger partial charge < -0.3 is 25.9 Å². The molecule has 0 saturated heterocycles. The summed E-state index contributed by atoms with van der Waals surface area (Å²) in [7, 11) is 0. The minimum absolute atomic E-state index is 0.126. The summed E-state index contributed by atoms with van der Waals surface area (Å²) in [5.74, 6) is -2.74. The molecule has 0 spiro atoms. The normalized spacial score (nSPS) is 15.8. The number of carboxylic acids is 1. The van der Waals surface area contributed by atoms with Crippen molar-refractivity contribution in [3.63, 3.8) is 0 Å². The maximum Gasteiger partial charge on any atom is 0.305 e. The van der Waals surface area contributed by atoms with Crippen molar-refractivity contribution in [1.82, 2.24) is 10.6 Å². The van der Waals surface area contributed by atoms with Crippen molar-refractivity contribution in [3.05, 3.63) is 60.2 Å². The van der Waals surface area contributed by atoms with Crippen LogP contribution in [0, 0.1) is 0 Å². The predicted molar refractivity (Wildman–Crippen MR) is 124 cm³/mol. The van der Waals surface area contributed by atoms with Crippen LogP contribution in [0.3, 0.4) is 0 Å². The number of aliphatic carboxylic acids is 1. The molecule has 34 heavy (non-hydrogen) atoms. The Morgan fingerprint density at radius 3 is 2.50 bits per heavy atom. The second-order valence-corrected chi connectivity index (χ2v) is 7.84. The zero-order valence-electron chi connectivity index (χ0n) is 18.4. The Balaban J connectivity index is 1.70. The lowest BCUT2D eigenvalue weighted by Crippen LogP contribution is -2.53. The molecule has 0 radical (unpaired) electrons. The van der Waals surface area contributed by atoms with Crippen LogP contribution in [0.15, 0.2) is 54.6 Å². The topological polar surface area (TPSA) is 145 Å². The zero-order valence-corrected chi connectivity index (χ0v) is 18.4. The molecule has 0 bridgehead atoms. The number of carbonyl (C=O) groups is 5. The Morgan fingerprint density at radius 2 is 1.79 bits per heavy atom. The lowest BCUT2D eigenvalue weighted by Gasteiger charge is -2.25. The third kappa shape index (κ3) is 6.64. The van der Waals surface area contributed by atoms with Gasteiger partial charge in [0.2, 0.25) is 11.8 Å². The molecule has 2 aromatic carbocycles. The Labute approximate surface area is 196 Å². The van der Waals surface area contributed by atoms with E-state index in [1.807, 2.05) is 30.3 Å². The van der Waals surface area contributed by atoms with Gasteiger partial charge >= 0.3 is 5.97 Å². The van der Waals surface area contributed by atoms with Crippen LogP contribution >= 0.6 is 0 Å². The molecule has 2 aromatic rings. The van der Waals surface area contributed by atoms with Gasteiger partial charge in [-0.2, -0.15) is 0 Å². The van der Waals surface area contributed by atoms with E-state index in [9.17, 15) is 24.0 Å². The Bertz CT molecular complexity index is 1060. The lowest BCUT2D eigenvalue weighted by atomic mass is 10.1. The third-order valence-electron chi connectivity index (χ3n) is 5.28.